The van der Waals surface area contributed by atoms with Crippen molar-refractivity contribution in [1.82, 2.24) is 9.29 Å². The van der Waals surface area contributed by atoms with Gasteiger partial charge >= 0.3 is 0 Å². The summed E-state index contributed by atoms with van der Waals surface area (Å²) < 4.78 is 26.8. The topological polar surface area (TPSA) is 53.5 Å². The number of thiazole rings is 1. The lowest BCUT2D eigenvalue weighted by Gasteiger charge is -2.33. The fourth-order valence-corrected chi connectivity index (χ4v) is 5.17. The molecule has 0 unspecified atom stereocenters. The van der Waals surface area contributed by atoms with Gasteiger partial charge in [-0.2, -0.15) is 4.31 Å². The third kappa shape index (κ3) is 2.96. The van der Waals surface area contributed by atoms with Crippen molar-refractivity contribution >= 4 is 49.7 Å². The van der Waals surface area contributed by atoms with Crippen molar-refractivity contribution in [3.05, 3.63) is 39.8 Å². The van der Waals surface area contributed by atoms with Crippen molar-refractivity contribution in [2.75, 3.05) is 31.1 Å². The van der Waals surface area contributed by atoms with Gasteiger partial charge in [-0.3, -0.25) is 0 Å². The summed E-state index contributed by atoms with van der Waals surface area (Å²) in [4.78, 5) is 6.39. The Kier molecular flexibility index (Phi) is 4.61. The number of hydrogen-bond donors (Lipinski definition) is 0. The number of benzene rings is 1. The molecule has 2 aromatic rings. The molecule has 0 aliphatic carbocycles. The van der Waals surface area contributed by atoms with E-state index in [2.05, 4.69) is 9.88 Å². The number of hydrogen-bond acceptors (Lipinski definition) is 5. The molecule has 2 heterocycles. The lowest BCUT2D eigenvalue weighted by molar-refractivity contribution is 0.385. The molecule has 22 heavy (non-hydrogen) atoms. The summed E-state index contributed by atoms with van der Waals surface area (Å²) in [6, 6.07) is 4.65. The van der Waals surface area contributed by atoms with Gasteiger partial charge in [0.15, 0.2) is 5.13 Å². The van der Waals surface area contributed by atoms with Crippen molar-refractivity contribution < 1.29 is 8.42 Å². The van der Waals surface area contributed by atoms with E-state index in [9.17, 15) is 8.42 Å². The van der Waals surface area contributed by atoms with Crippen LogP contribution in [0.2, 0.25) is 10.0 Å². The van der Waals surface area contributed by atoms with Crippen LogP contribution < -0.4 is 4.90 Å². The molecule has 118 valence electrons. The first-order chi connectivity index (χ1) is 10.5. The minimum Gasteiger partial charge on any atom is -0.345 e. The van der Waals surface area contributed by atoms with Gasteiger partial charge < -0.3 is 4.90 Å². The largest absolute Gasteiger partial charge is 0.345 e. The molecule has 0 spiro atoms. The number of anilines is 1. The van der Waals surface area contributed by atoms with Gasteiger partial charge in [-0.1, -0.05) is 29.3 Å². The Morgan fingerprint density at radius 1 is 1.14 bits per heavy atom. The highest BCUT2D eigenvalue weighted by atomic mass is 35.5. The van der Waals surface area contributed by atoms with Crippen molar-refractivity contribution in [3.8, 4) is 0 Å². The highest BCUT2D eigenvalue weighted by Gasteiger charge is 2.31. The number of sulfonamides is 1. The van der Waals surface area contributed by atoms with Gasteiger partial charge in [0.25, 0.3) is 0 Å². The van der Waals surface area contributed by atoms with E-state index >= 15 is 0 Å². The van der Waals surface area contributed by atoms with Crippen LogP contribution in [-0.4, -0.2) is 43.9 Å². The van der Waals surface area contributed by atoms with Crippen LogP contribution in [0.25, 0.3) is 0 Å². The first-order valence-corrected chi connectivity index (χ1v) is 9.66. The first kappa shape index (κ1) is 16.0. The molecule has 1 aromatic carbocycles. The van der Waals surface area contributed by atoms with E-state index in [1.54, 1.807) is 29.7 Å². The van der Waals surface area contributed by atoms with Crippen LogP contribution in [0.3, 0.4) is 0 Å². The number of rotatable bonds is 3. The van der Waals surface area contributed by atoms with E-state index in [1.165, 1.54) is 10.4 Å². The lowest BCUT2D eigenvalue weighted by Crippen LogP contribution is -2.48. The van der Waals surface area contributed by atoms with Gasteiger partial charge in [0.2, 0.25) is 10.0 Å². The second-order valence-corrected chi connectivity index (χ2v) is 8.32. The summed E-state index contributed by atoms with van der Waals surface area (Å²) in [7, 11) is -3.63. The zero-order valence-electron chi connectivity index (χ0n) is 11.4. The molecule has 1 fully saturated rings. The standard InChI is InChI=1S/C13H13Cl2N3O2S2/c14-10-2-1-3-11(12(10)15)22(19,20)18-7-5-17(6-8-18)13-16-4-9-21-13/h1-4,9H,5-8H2. The zero-order valence-corrected chi connectivity index (χ0v) is 14.6. The smallest absolute Gasteiger partial charge is 0.244 e. The van der Waals surface area contributed by atoms with E-state index in [1.807, 2.05) is 5.38 Å². The molecule has 0 bridgehead atoms. The first-order valence-electron chi connectivity index (χ1n) is 6.59. The van der Waals surface area contributed by atoms with Gasteiger partial charge in [-0.25, -0.2) is 13.4 Å². The fraction of sp³-hybridized carbons (Fsp3) is 0.308. The van der Waals surface area contributed by atoms with Crippen molar-refractivity contribution in [1.29, 1.82) is 0 Å². The molecule has 1 saturated heterocycles. The zero-order chi connectivity index (χ0) is 15.7. The van der Waals surface area contributed by atoms with Crippen LogP contribution in [0.1, 0.15) is 0 Å². The van der Waals surface area contributed by atoms with E-state index < -0.39 is 10.0 Å². The Bertz CT molecular complexity index is 758. The average Bonchev–Trinajstić information content (AvgIpc) is 3.04. The summed E-state index contributed by atoms with van der Waals surface area (Å²) in [5.41, 5.74) is 0. The van der Waals surface area contributed by atoms with Gasteiger partial charge in [-0.05, 0) is 12.1 Å². The van der Waals surface area contributed by atoms with Gasteiger partial charge in [-0.15, -0.1) is 11.3 Å². The highest BCUT2D eigenvalue weighted by Crippen LogP contribution is 2.31. The summed E-state index contributed by atoms with van der Waals surface area (Å²) in [6.45, 7) is 1.99. The monoisotopic (exact) mass is 377 g/mol. The van der Waals surface area contributed by atoms with Crippen LogP contribution in [0.5, 0.6) is 0 Å². The molecule has 1 aliphatic rings. The molecule has 0 amide bonds. The second-order valence-electron chi connectivity index (χ2n) is 4.76. The van der Waals surface area contributed by atoms with E-state index in [0.717, 1.165) is 5.13 Å². The second kappa shape index (κ2) is 6.33. The molecular formula is C13H13Cl2N3O2S2. The van der Waals surface area contributed by atoms with Crippen LogP contribution in [0.15, 0.2) is 34.7 Å². The molecule has 0 radical (unpaired) electrons. The van der Waals surface area contributed by atoms with Crippen molar-refractivity contribution in [3.63, 3.8) is 0 Å². The minimum atomic E-state index is -3.63. The summed E-state index contributed by atoms with van der Waals surface area (Å²) >= 11 is 13.5. The quantitative estimate of drug-likeness (QED) is 0.824. The molecule has 0 atom stereocenters. The van der Waals surface area contributed by atoms with Crippen molar-refractivity contribution in [2.24, 2.45) is 0 Å². The number of halogens is 2. The maximum atomic E-state index is 12.7. The third-order valence-corrected chi connectivity index (χ3v) is 7.17. The minimum absolute atomic E-state index is 0.0596. The molecular weight excluding hydrogens is 365 g/mol. The van der Waals surface area contributed by atoms with E-state index in [4.69, 9.17) is 23.2 Å². The summed E-state index contributed by atoms with van der Waals surface area (Å²) in [5, 5.41) is 3.14. The molecule has 9 heteroatoms. The van der Waals surface area contributed by atoms with Gasteiger partial charge in [0.1, 0.15) is 4.90 Å². The molecule has 1 aliphatic heterocycles. The van der Waals surface area contributed by atoms with Crippen LogP contribution in [-0.2, 0) is 10.0 Å². The Labute approximate surface area is 143 Å². The van der Waals surface area contributed by atoms with Crippen LogP contribution in [0.4, 0.5) is 5.13 Å². The van der Waals surface area contributed by atoms with Gasteiger partial charge in [0, 0.05) is 37.8 Å². The molecule has 0 saturated carbocycles. The summed E-state index contributed by atoms with van der Waals surface area (Å²) in [6.07, 6.45) is 1.74. The number of piperazine rings is 1. The number of nitrogens with zero attached hydrogens (tertiary/aromatic N) is 3. The Morgan fingerprint density at radius 3 is 2.50 bits per heavy atom. The van der Waals surface area contributed by atoms with E-state index in [0.29, 0.717) is 26.2 Å². The Hall–Kier alpha value is -0.860. The normalized spacial score (nSPS) is 16.9. The SMILES string of the molecule is O=S(=O)(c1cccc(Cl)c1Cl)N1CCN(c2nccs2)CC1. The van der Waals surface area contributed by atoms with Gasteiger partial charge in [0.05, 0.1) is 10.0 Å². The fourth-order valence-electron chi connectivity index (χ4n) is 2.31. The van der Waals surface area contributed by atoms with E-state index in [-0.39, 0.29) is 14.9 Å². The molecule has 5 nitrogen and oxygen atoms in total. The third-order valence-electron chi connectivity index (χ3n) is 3.46. The molecule has 0 N–H and O–H groups in total. The molecule has 1 aromatic heterocycles. The Balaban J connectivity index is 1.79. The average molecular weight is 378 g/mol. The lowest BCUT2D eigenvalue weighted by atomic mass is 10.4. The molecule has 3 rings (SSSR count). The Morgan fingerprint density at radius 2 is 1.86 bits per heavy atom. The van der Waals surface area contributed by atoms with Crippen LogP contribution >= 0.6 is 34.5 Å². The maximum Gasteiger partial charge on any atom is 0.244 e. The summed E-state index contributed by atoms with van der Waals surface area (Å²) in [5.74, 6) is 0. The predicted molar refractivity (Wildman–Crippen MR) is 89.5 cm³/mol. The maximum absolute atomic E-state index is 12.7. The predicted octanol–water partition coefficient (Wildman–Crippen LogP) is 2.96. The van der Waals surface area contributed by atoms with Crippen molar-refractivity contribution in [2.45, 2.75) is 4.90 Å². The number of aromatic nitrogens is 1. The highest BCUT2D eigenvalue weighted by molar-refractivity contribution is 7.89. The van der Waals surface area contributed by atoms with Crippen LogP contribution in [0, 0.1) is 0 Å².